The number of carbonyl (C=O) groups is 2. The van der Waals surface area contributed by atoms with E-state index >= 15 is 0 Å². The maximum absolute atomic E-state index is 12.8. The molecule has 3 aliphatic rings. The molecule has 34 heavy (non-hydrogen) atoms. The number of aryl methyl sites for hydroxylation is 1. The van der Waals surface area contributed by atoms with Crippen LogP contribution in [0.3, 0.4) is 0 Å². The van der Waals surface area contributed by atoms with E-state index in [0.717, 1.165) is 36.1 Å². The molecule has 4 rings (SSSR count). The van der Waals surface area contributed by atoms with Gasteiger partial charge in [-0.2, -0.15) is 5.26 Å². The van der Waals surface area contributed by atoms with Crippen molar-refractivity contribution in [1.29, 1.82) is 5.26 Å². The van der Waals surface area contributed by atoms with Crippen molar-refractivity contribution < 1.29 is 19.1 Å². The molecule has 0 saturated carbocycles. The van der Waals surface area contributed by atoms with Gasteiger partial charge >= 0.3 is 11.8 Å². The van der Waals surface area contributed by atoms with Gasteiger partial charge in [-0.1, -0.05) is 13.3 Å². The molecule has 0 aromatic carbocycles. The van der Waals surface area contributed by atoms with Gasteiger partial charge in [0.1, 0.15) is 11.9 Å². The maximum Gasteiger partial charge on any atom is 0.312 e. The number of unbranched alkanes of at least 4 members (excludes halogenated alkanes) is 1. The van der Waals surface area contributed by atoms with E-state index in [2.05, 4.69) is 31.7 Å². The fourth-order valence-corrected chi connectivity index (χ4v) is 4.88. The summed E-state index contributed by atoms with van der Waals surface area (Å²) in [6.45, 7) is 10.5. The fraction of sp³-hybridized carbons (Fsp3) is 0.680. The van der Waals surface area contributed by atoms with Gasteiger partial charge in [0, 0.05) is 56.9 Å². The summed E-state index contributed by atoms with van der Waals surface area (Å²) in [4.78, 5) is 35.7. The van der Waals surface area contributed by atoms with Crippen LogP contribution in [-0.2, 0) is 38.5 Å². The Balaban J connectivity index is 1.53. The predicted octanol–water partition coefficient (Wildman–Crippen LogP) is 1.65. The number of piperazine rings is 1. The standard InChI is InChI=1S/C25H35N5O4/c1-4-5-6-21-20-17-34-25(2,3)15-18(20)19(16-26)22(27-21)28-7-9-29(10-8-28)23(31)24(32)30-11-13-33-14-12-30/h4-15,17H2,1-3H3. The van der Waals surface area contributed by atoms with Crippen molar-refractivity contribution in [3.05, 3.63) is 22.4 Å². The average Bonchev–Trinajstić information content (AvgIpc) is 2.86. The molecular weight excluding hydrogens is 434 g/mol. The number of hydrogen-bond acceptors (Lipinski definition) is 7. The van der Waals surface area contributed by atoms with Crippen LogP contribution in [0.1, 0.15) is 56.0 Å². The Morgan fingerprint density at radius 1 is 1.03 bits per heavy atom. The van der Waals surface area contributed by atoms with Crippen LogP contribution >= 0.6 is 0 Å². The minimum atomic E-state index is -0.456. The summed E-state index contributed by atoms with van der Waals surface area (Å²) in [5.41, 5.74) is 3.43. The first-order valence-electron chi connectivity index (χ1n) is 12.3. The first-order chi connectivity index (χ1) is 16.3. The minimum absolute atomic E-state index is 0.329. The molecule has 0 radical (unpaired) electrons. The number of fused-ring (bicyclic) bond motifs is 1. The van der Waals surface area contributed by atoms with E-state index in [1.54, 1.807) is 9.80 Å². The molecule has 9 heteroatoms. The molecule has 0 spiro atoms. The number of ether oxygens (including phenoxy) is 2. The van der Waals surface area contributed by atoms with Crippen LogP contribution in [-0.4, -0.2) is 84.7 Å². The van der Waals surface area contributed by atoms with Crippen molar-refractivity contribution in [3.8, 4) is 6.07 Å². The number of nitriles is 1. The molecule has 2 fully saturated rings. The number of anilines is 1. The van der Waals surface area contributed by atoms with Gasteiger partial charge in [0.15, 0.2) is 0 Å². The van der Waals surface area contributed by atoms with E-state index in [1.807, 2.05) is 0 Å². The highest BCUT2D eigenvalue weighted by Crippen LogP contribution is 2.36. The molecule has 1 aromatic heterocycles. The van der Waals surface area contributed by atoms with E-state index in [0.29, 0.717) is 76.9 Å². The zero-order chi connectivity index (χ0) is 24.3. The van der Waals surface area contributed by atoms with Crippen molar-refractivity contribution in [3.63, 3.8) is 0 Å². The normalized spacial score (nSPS) is 20.0. The number of carbonyl (C=O) groups excluding carboxylic acids is 2. The topological polar surface area (TPSA) is 99.0 Å². The van der Waals surface area contributed by atoms with Crippen LogP contribution < -0.4 is 4.90 Å². The van der Waals surface area contributed by atoms with Gasteiger partial charge in [0.05, 0.1) is 31.0 Å². The largest absolute Gasteiger partial charge is 0.378 e. The van der Waals surface area contributed by atoms with E-state index in [-0.39, 0.29) is 5.60 Å². The highest BCUT2D eigenvalue weighted by molar-refractivity contribution is 6.34. The summed E-state index contributed by atoms with van der Waals surface area (Å²) in [7, 11) is 0. The highest BCUT2D eigenvalue weighted by Gasteiger charge is 2.35. The van der Waals surface area contributed by atoms with Crippen molar-refractivity contribution in [1.82, 2.24) is 14.8 Å². The van der Waals surface area contributed by atoms with Crippen molar-refractivity contribution in [2.75, 3.05) is 57.4 Å². The number of rotatable bonds is 4. The van der Waals surface area contributed by atoms with Crippen LogP contribution in [0.5, 0.6) is 0 Å². The van der Waals surface area contributed by atoms with Crippen LogP contribution in [0.25, 0.3) is 0 Å². The zero-order valence-electron chi connectivity index (χ0n) is 20.6. The quantitative estimate of drug-likeness (QED) is 0.619. The second kappa shape index (κ2) is 10.3. The van der Waals surface area contributed by atoms with Gasteiger partial charge < -0.3 is 24.2 Å². The smallest absolute Gasteiger partial charge is 0.312 e. The summed E-state index contributed by atoms with van der Waals surface area (Å²) < 4.78 is 11.3. The fourth-order valence-electron chi connectivity index (χ4n) is 4.88. The van der Waals surface area contributed by atoms with Gasteiger partial charge in [-0.3, -0.25) is 9.59 Å². The molecule has 3 aliphatic heterocycles. The van der Waals surface area contributed by atoms with E-state index in [1.165, 1.54) is 0 Å². The predicted molar refractivity (Wildman–Crippen MR) is 126 cm³/mol. The Hall–Kier alpha value is -2.70. The Morgan fingerprint density at radius 2 is 1.68 bits per heavy atom. The number of hydrogen-bond donors (Lipinski definition) is 0. The van der Waals surface area contributed by atoms with Crippen molar-refractivity contribution in [2.45, 2.75) is 58.7 Å². The third-order valence-electron chi connectivity index (χ3n) is 6.92. The molecule has 0 unspecified atom stereocenters. The Morgan fingerprint density at radius 3 is 2.29 bits per heavy atom. The molecular formula is C25H35N5O4. The first-order valence-corrected chi connectivity index (χ1v) is 12.3. The monoisotopic (exact) mass is 469 g/mol. The molecule has 9 nitrogen and oxygen atoms in total. The van der Waals surface area contributed by atoms with E-state index in [9.17, 15) is 14.9 Å². The van der Waals surface area contributed by atoms with Gasteiger partial charge in [-0.25, -0.2) is 4.98 Å². The van der Waals surface area contributed by atoms with E-state index in [4.69, 9.17) is 14.5 Å². The van der Waals surface area contributed by atoms with Crippen LogP contribution in [0, 0.1) is 11.3 Å². The Bertz CT molecular complexity index is 972. The molecule has 0 atom stereocenters. The zero-order valence-corrected chi connectivity index (χ0v) is 20.6. The lowest BCUT2D eigenvalue weighted by atomic mass is 9.87. The summed E-state index contributed by atoms with van der Waals surface area (Å²) in [5, 5.41) is 10.1. The second-order valence-corrected chi connectivity index (χ2v) is 9.84. The molecule has 1 aromatic rings. The highest BCUT2D eigenvalue weighted by atomic mass is 16.5. The van der Waals surface area contributed by atoms with Gasteiger partial charge in [0.25, 0.3) is 0 Å². The molecule has 0 aliphatic carbocycles. The summed E-state index contributed by atoms with van der Waals surface area (Å²) >= 11 is 0. The molecule has 0 bridgehead atoms. The number of pyridine rings is 1. The summed E-state index contributed by atoms with van der Waals surface area (Å²) in [6, 6.07) is 2.42. The van der Waals surface area contributed by atoms with E-state index < -0.39 is 11.8 Å². The number of amides is 2. The Labute approximate surface area is 201 Å². The van der Waals surface area contributed by atoms with Gasteiger partial charge in [0.2, 0.25) is 0 Å². The summed E-state index contributed by atoms with van der Waals surface area (Å²) in [6.07, 6.45) is 3.62. The average molecular weight is 470 g/mol. The van der Waals surface area contributed by atoms with Crippen molar-refractivity contribution in [2.24, 2.45) is 0 Å². The first kappa shape index (κ1) is 24.4. The molecule has 2 amide bonds. The second-order valence-electron chi connectivity index (χ2n) is 9.84. The Kier molecular flexibility index (Phi) is 7.39. The maximum atomic E-state index is 12.8. The SMILES string of the molecule is CCCCc1nc(N2CCN(C(=O)C(=O)N3CCOCC3)CC2)c(C#N)c2c1COC(C)(C)C2. The molecule has 0 N–H and O–H groups in total. The number of nitrogens with zero attached hydrogens (tertiary/aromatic N) is 5. The number of morpholine rings is 1. The minimum Gasteiger partial charge on any atom is -0.378 e. The van der Waals surface area contributed by atoms with Crippen molar-refractivity contribution >= 4 is 17.6 Å². The molecule has 4 heterocycles. The van der Waals surface area contributed by atoms with Crippen LogP contribution in [0.15, 0.2) is 0 Å². The number of aromatic nitrogens is 1. The van der Waals surface area contributed by atoms with Gasteiger partial charge in [-0.15, -0.1) is 0 Å². The lowest BCUT2D eigenvalue weighted by Gasteiger charge is -2.38. The van der Waals surface area contributed by atoms with Gasteiger partial charge in [-0.05, 0) is 32.3 Å². The lowest BCUT2D eigenvalue weighted by molar-refractivity contribution is -0.154. The lowest BCUT2D eigenvalue weighted by Crippen LogP contribution is -2.55. The van der Waals surface area contributed by atoms with Crippen LogP contribution in [0.2, 0.25) is 0 Å². The third kappa shape index (κ3) is 5.03. The van der Waals surface area contributed by atoms with Crippen LogP contribution in [0.4, 0.5) is 5.82 Å². The molecule has 184 valence electrons. The summed E-state index contributed by atoms with van der Waals surface area (Å²) in [5.74, 6) is -0.204. The molecule has 2 saturated heterocycles. The third-order valence-corrected chi connectivity index (χ3v) is 6.92.